The highest BCUT2D eigenvalue weighted by Gasteiger charge is 2.30. The Morgan fingerprint density at radius 3 is 2.96 bits per heavy atom. The van der Waals surface area contributed by atoms with Gasteiger partial charge in [0.2, 0.25) is 5.91 Å². The maximum Gasteiger partial charge on any atom is 0.277 e. The van der Waals surface area contributed by atoms with Gasteiger partial charge in [0.25, 0.3) is 5.69 Å². The molecule has 1 aliphatic rings. The Labute approximate surface area is 153 Å². The number of nitrogens with zero attached hydrogens (tertiary/aromatic N) is 3. The maximum absolute atomic E-state index is 12.2. The summed E-state index contributed by atoms with van der Waals surface area (Å²) < 4.78 is 0. The van der Waals surface area contributed by atoms with E-state index in [1.54, 1.807) is 23.5 Å². The molecule has 132 valence electrons. The van der Waals surface area contributed by atoms with Gasteiger partial charge in [0, 0.05) is 37.0 Å². The van der Waals surface area contributed by atoms with Gasteiger partial charge >= 0.3 is 0 Å². The number of nitro benzene ring substituents is 1. The van der Waals surface area contributed by atoms with Crippen LogP contribution in [0.4, 0.5) is 5.69 Å². The minimum Gasteiger partial charge on any atom is -0.348 e. The summed E-state index contributed by atoms with van der Waals surface area (Å²) in [5, 5.41) is 12.7. The summed E-state index contributed by atoms with van der Waals surface area (Å²) in [6.45, 7) is 0.870. The number of carbonyl (C=O) groups excluding carboxylic acids is 1. The van der Waals surface area contributed by atoms with Crippen LogP contribution in [0.15, 0.2) is 42.9 Å². The molecule has 1 amide bonds. The Balaban J connectivity index is 1.91. The number of nitrogens with one attached hydrogen (secondary N) is 1. The highest BCUT2D eigenvalue weighted by Crippen LogP contribution is 2.37. The van der Waals surface area contributed by atoms with Gasteiger partial charge in [0.15, 0.2) is 0 Å². The van der Waals surface area contributed by atoms with Gasteiger partial charge < -0.3 is 9.88 Å². The molecule has 3 aromatic rings. The van der Waals surface area contributed by atoms with Gasteiger partial charge in [-0.15, -0.1) is 11.6 Å². The standard InChI is InChI=1S/C18H15ClN4O3/c19-6-18(24)22-8-12-5-14-11(2-1-3-17(14)23(25)26)4-13(12)15(9-22)16-7-20-10-21-16/h1-5,7,10,15H,6,8-9H2,(H,20,21). The summed E-state index contributed by atoms with van der Waals surface area (Å²) >= 11 is 5.75. The van der Waals surface area contributed by atoms with Crippen LogP contribution in [0.5, 0.6) is 0 Å². The quantitative estimate of drug-likeness (QED) is 0.435. The van der Waals surface area contributed by atoms with Gasteiger partial charge in [-0.1, -0.05) is 12.1 Å². The second kappa shape index (κ2) is 6.42. The van der Waals surface area contributed by atoms with Crippen LogP contribution in [-0.4, -0.2) is 38.1 Å². The summed E-state index contributed by atoms with van der Waals surface area (Å²) in [6, 6.07) is 8.84. The molecule has 0 saturated heterocycles. The molecule has 4 rings (SSSR count). The van der Waals surface area contributed by atoms with E-state index in [4.69, 9.17) is 11.6 Å². The second-order valence-electron chi connectivity index (χ2n) is 6.27. The van der Waals surface area contributed by atoms with Crippen molar-refractivity contribution >= 4 is 34.0 Å². The summed E-state index contributed by atoms with van der Waals surface area (Å²) in [6.07, 6.45) is 3.34. The number of fused-ring (bicyclic) bond motifs is 2. The van der Waals surface area contributed by atoms with Gasteiger partial charge in [-0.05, 0) is 28.6 Å². The molecule has 1 aromatic heterocycles. The number of rotatable bonds is 3. The highest BCUT2D eigenvalue weighted by atomic mass is 35.5. The summed E-state index contributed by atoms with van der Waals surface area (Å²) in [7, 11) is 0. The summed E-state index contributed by atoms with van der Waals surface area (Å²) in [5.74, 6) is -0.347. The van der Waals surface area contributed by atoms with E-state index >= 15 is 0 Å². The van der Waals surface area contributed by atoms with Crippen LogP contribution in [0.25, 0.3) is 10.8 Å². The van der Waals surface area contributed by atoms with Crippen molar-refractivity contribution in [2.45, 2.75) is 12.5 Å². The molecule has 1 unspecified atom stereocenters. The minimum atomic E-state index is -0.383. The molecule has 2 aromatic carbocycles. The molecule has 0 radical (unpaired) electrons. The van der Waals surface area contributed by atoms with Gasteiger partial charge in [-0.3, -0.25) is 14.9 Å². The Bertz CT molecular complexity index is 1000. The van der Waals surface area contributed by atoms with Crippen molar-refractivity contribution in [2.75, 3.05) is 12.4 Å². The largest absolute Gasteiger partial charge is 0.348 e. The molecule has 26 heavy (non-hydrogen) atoms. The molecule has 0 bridgehead atoms. The zero-order valence-corrected chi connectivity index (χ0v) is 14.4. The van der Waals surface area contributed by atoms with E-state index in [0.29, 0.717) is 18.5 Å². The van der Waals surface area contributed by atoms with Crippen LogP contribution in [0.1, 0.15) is 22.7 Å². The Hall–Kier alpha value is -2.93. The normalized spacial score (nSPS) is 16.5. The zero-order valence-electron chi connectivity index (χ0n) is 13.7. The van der Waals surface area contributed by atoms with Crippen molar-refractivity contribution in [1.82, 2.24) is 14.9 Å². The van der Waals surface area contributed by atoms with Crippen LogP contribution in [0, 0.1) is 10.1 Å². The first-order valence-corrected chi connectivity index (χ1v) is 8.64. The molecular weight excluding hydrogens is 356 g/mol. The average Bonchev–Trinajstić information content (AvgIpc) is 3.18. The van der Waals surface area contributed by atoms with Crippen molar-refractivity contribution in [3.8, 4) is 0 Å². The van der Waals surface area contributed by atoms with Gasteiger partial charge in [0.1, 0.15) is 5.88 Å². The molecule has 0 fully saturated rings. The number of halogens is 1. The van der Waals surface area contributed by atoms with Crippen molar-refractivity contribution in [3.05, 3.63) is 69.8 Å². The SMILES string of the molecule is O=C(CCl)N1Cc2cc3c([N+](=O)[O-])cccc3cc2C(c2cnc[nH]2)C1. The van der Waals surface area contributed by atoms with E-state index in [1.165, 1.54) is 6.07 Å². The lowest BCUT2D eigenvalue weighted by Gasteiger charge is -2.34. The predicted octanol–water partition coefficient (Wildman–Crippen LogP) is 3.18. The maximum atomic E-state index is 12.2. The Kier molecular flexibility index (Phi) is 4.08. The summed E-state index contributed by atoms with van der Waals surface area (Å²) in [4.78, 5) is 32.1. The van der Waals surface area contributed by atoms with E-state index < -0.39 is 0 Å². The number of hydrogen-bond acceptors (Lipinski definition) is 4. The van der Waals surface area contributed by atoms with Crippen molar-refractivity contribution in [2.24, 2.45) is 0 Å². The average molecular weight is 371 g/mol. The smallest absolute Gasteiger partial charge is 0.277 e. The topological polar surface area (TPSA) is 92.1 Å². The highest BCUT2D eigenvalue weighted by molar-refractivity contribution is 6.27. The third kappa shape index (κ3) is 2.70. The molecule has 1 N–H and O–H groups in total. The molecule has 7 nitrogen and oxygen atoms in total. The van der Waals surface area contributed by atoms with E-state index in [0.717, 1.165) is 22.2 Å². The summed E-state index contributed by atoms with van der Waals surface area (Å²) in [5.41, 5.74) is 2.88. The van der Waals surface area contributed by atoms with Crippen LogP contribution in [-0.2, 0) is 11.3 Å². The number of carbonyl (C=O) groups is 1. The van der Waals surface area contributed by atoms with Gasteiger partial charge in [-0.25, -0.2) is 4.98 Å². The Morgan fingerprint density at radius 1 is 1.42 bits per heavy atom. The fraction of sp³-hybridized carbons (Fsp3) is 0.222. The van der Waals surface area contributed by atoms with Crippen molar-refractivity contribution in [1.29, 1.82) is 0 Å². The number of benzene rings is 2. The van der Waals surface area contributed by atoms with E-state index in [-0.39, 0.29) is 28.3 Å². The number of hydrogen-bond donors (Lipinski definition) is 1. The van der Waals surface area contributed by atoms with E-state index in [2.05, 4.69) is 9.97 Å². The Morgan fingerprint density at radius 2 is 2.27 bits per heavy atom. The lowest BCUT2D eigenvalue weighted by molar-refractivity contribution is -0.383. The first-order chi connectivity index (χ1) is 12.6. The van der Waals surface area contributed by atoms with E-state index in [9.17, 15) is 14.9 Å². The number of nitro groups is 1. The number of imidazole rings is 1. The molecule has 0 aliphatic carbocycles. The molecule has 1 atom stereocenters. The van der Waals surface area contributed by atoms with Crippen molar-refractivity contribution < 1.29 is 9.72 Å². The molecule has 8 heteroatoms. The zero-order chi connectivity index (χ0) is 18.3. The molecule has 0 spiro atoms. The van der Waals surface area contributed by atoms with Gasteiger partial charge in [-0.2, -0.15) is 0 Å². The fourth-order valence-corrected chi connectivity index (χ4v) is 3.75. The number of aromatic amines is 1. The molecule has 2 heterocycles. The van der Waals surface area contributed by atoms with Crippen LogP contribution in [0.3, 0.4) is 0 Å². The molecule has 1 aliphatic heterocycles. The fourth-order valence-electron chi connectivity index (χ4n) is 3.58. The third-order valence-corrected chi connectivity index (χ3v) is 5.04. The minimum absolute atomic E-state index is 0.0594. The first kappa shape index (κ1) is 16.5. The van der Waals surface area contributed by atoms with Crippen LogP contribution < -0.4 is 0 Å². The van der Waals surface area contributed by atoms with Crippen LogP contribution >= 0.6 is 11.6 Å². The number of amides is 1. The van der Waals surface area contributed by atoms with Gasteiger partial charge in [0.05, 0.1) is 16.6 Å². The predicted molar refractivity (Wildman–Crippen MR) is 97.2 cm³/mol. The lowest BCUT2D eigenvalue weighted by Crippen LogP contribution is -2.39. The van der Waals surface area contributed by atoms with Crippen LogP contribution in [0.2, 0.25) is 0 Å². The lowest BCUT2D eigenvalue weighted by atomic mass is 9.85. The number of H-pyrrole nitrogens is 1. The molecule has 0 saturated carbocycles. The number of aromatic nitrogens is 2. The van der Waals surface area contributed by atoms with Crippen molar-refractivity contribution in [3.63, 3.8) is 0 Å². The van der Waals surface area contributed by atoms with E-state index in [1.807, 2.05) is 18.2 Å². The monoisotopic (exact) mass is 370 g/mol. The first-order valence-electron chi connectivity index (χ1n) is 8.10. The number of alkyl halides is 1. The number of non-ortho nitro benzene ring substituents is 1. The molecular formula is C18H15ClN4O3. The second-order valence-corrected chi connectivity index (χ2v) is 6.54. The third-order valence-electron chi connectivity index (χ3n) is 4.82.